The van der Waals surface area contributed by atoms with E-state index in [-0.39, 0.29) is 23.7 Å². The van der Waals surface area contributed by atoms with E-state index in [0.717, 1.165) is 5.56 Å². The predicted octanol–water partition coefficient (Wildman–Crippen LogP) is 4.43. The summed E-state index contributed by atoms with van der Waals surface area (Å²) >= 11 is 0. The lowest BCUT2D eigenvalue weighted by Gasteiger charge is -2.25. The Morgan fingerprint density at radius 3 is 2.65 bits per heavy atom. The van der Waals surface area contributed by atoms with Crippen molar-refractivity contribution in [1.29, 1.82) is 0 Å². The van der Waals surface area contributed by atoms with Gasteiger partial charge in [-0.2, -0.15) is 5.10 Å². The molecule has 0 bridgehead atoms. The molecule has 1 aliphatic rings. The third kappa shape index (κ3) is 4.50. The Bertz CT molecular complexity index is 1130. The van der Waals surface area contributed by atoms with Gasteiger partial charge in [0.2, 0.25) is 11.8 Å². The van der Waals surface area contributed by atoms with Crippen molar-refractivity contribution in [3.05, 3.63) is 77.2 Å². The normalized spacial score (nSPS) is 15.9. The van der Waals surface area contributed by atoms with E-state index in [1.165, 1.54) is 17.7 Å². The Kier molecular flexibility index (Phi) is 5.35. The topological polar surface area (TPSA) is 76.0 Å². The molecule has 1 atom stereocenters. The van der Waals surface area contributed by atoms with Crippen molar-refractivity contribution < 1.29 is 14.0 Å². The fraction of sp³-hybridized carbons (Fsp3) is 0.292. The Labute approximate surface area is 180 Å². The minimum absolute atomic E-state index is 0.00681. The second-order valence-electron chi connectivity index (χ2n) is 8.85. The highest BCUT2D eigenvalue weighted by molar-refractivity contribution is 6.04. The van der Waals surface area contributed by atoms with E-state index in [2.05, 4.69) is 60.8 Å². The maximum atomic E-state index is 13.5. The summed E-state index contributed by atoms with van der Waals surface area (Å²) in [5.74, 6) is -1.26. The monoisotopic (exact) mass is 420 g/mol. The molecule has 3 aromatic rings. The molecule has 1 aliphatic heterocycles. The summed E-state index contributed by atoms with van der Waals surface area (Å²) in [5, 5.41) is 9.83. The SMILES string of the molecule is CC(C)(C)c1ccc(Cn2nccc2NC(=O)C2CC(=O)Nc3cc(F)ccc32)cc1. The second kappa shape index (κ2) is 7.98. The summed E-state index contributed by atoms with van der Waals surface area (Å²) in [6.45, 7) is 7.00. The molecule has 31 heavy (non-hydrogen) atoms. The molecule has 0 saturated heterocycles. The lowest BCUT2D eigenvalue weighted by molar-refractivity contribution is -0.123. The molecular weight excluding hydrogens is 395 g/mol. The summed E-state index contributed by atoms with van der Waals surface area (Å²) in [6.07, 6.45) is 1.63. The van der Waals surface area contributed by atoms with Gasteiger partial charge in [-0.3, -0.25) is 9.59 Å². The molecule has 1 unspecified atom stereocenters. The molecule has 2 heterocycles. The molecule has 1 aromatic heterocycles. The maximum absolute atomic E-state index is 13.5. The van der Waals surface area contributed by atoms with Crippen molar-refractivity contribution in [1.82, 2.24) is 9.78 Å². The largest absolute Gasteiger partial charge is 0.326 e. The van der Waals surface area contributed by atoms with E-state index >= 15 is 0 Å². The lowest BCUT2D eigenvalue weighted by atomic mass is 9.87. The number of halogens is 1. The molecular formula is C24H25FN4O2. The number of anilines is 2. The predicted molar refractivity (Wildman–Crippen MR) is 117 cm³/mol. The Balaban J connectivity index is 1.51. The van der Waals surface area contributed by atoms with Crippen LogP contribution in [0.1, 0.15) is 49.8 Å². The summed E-state index contributed by atoms with van der Waals surface area (Å²) in [4.78, 5) is 25.0. The van der Waals surface area contributed by atoms with Crippen LogP contribution in [0.25, 0.3) is 0 Å². The molecule has 7 heteroatoms. The van der Waals surface area contributed by atoms with Crippen LogP contribution in [-0.4, -0.2) is 21.6 Å². The molecule has 0 spiro atoms. The van der Waals surface area contributed by atoms with Crippen molar-refractivity contribution in [3.8, 4) is 0 Å². The van der Waals surface area contributed by atoms with Crippen LogP contribution >= 0.6 is 0 Å². The van der Waals surface area contributed by atoms with Gasteiger partial charge >= 0.3 is 0 Å². The molecule has 4 rings (SSSR count). The van der Waals surface area contributed by atoms with E-state index in [1.54, 1.807) is 23.0 Å². The Hall–Kier alpha value is -3.48. The first-order valence-electron chi connectivity index (χ1n) is 10.2. The molecule has 0 aliphatic carbocycles. The van der Waals surface area contributed by atoms with E-state index < -0.39 is 11.7 Å². The molecule has 2 aromatic carbocycles. The van der Waals surface area contributed by atoms with Crippen LogP contribution in [0.5, 0.6) is 0 Å². The Morgan fingerprint density at radius 2 is 1.94 bits per heavy atom. The van der Waals surface area contributed by atoms with Crippen molar-refractivity contribution in [2.45, 2.75) is 45.1 Å². The highest BCUT2D eigenvalue weighted by atomic mass is 19.1. The third-order valence-electron chi connectivity index (χ3n) is 5.49. The zero-order valence-electron chi connectivity index (χ0n) is 17.8. The molecule has 2 amide bonds. The fourth-order valence-electron chi connectivity index (χ4n) is 3.73. The molecule has 0 saturated carbocycles. The number of hydrogen-bond donors (Lipinski definition) is 2. The summed E-state index contributed by atoms with van der Waals surface area (Å²) < 4.78 is 15.2. The van der Waals surface area contributed by atoms with Crippen LogP contribution in [-0.2, 0) is 21.5 Å². The minimum atomic E-state index is -0.696. The molecule has 0 fully saturated rings. The second-order valence-corrected chi connectivity index (χ2v) is 8.85. The van der Waals surface area contributed by atoms with Crippen LogP contribution in [0.4, 0.5) is 15.9 Å². The van der Waals surface area contributed by atoms with Gasteiger partial charge in [0.05, 0.1) is 18.7 Å². The lowest BCUT2D eigenvalue weighted by Crippen LogP contribution is -2.31. The molecule has 6 nitrogen and oxygen atoms in total. The Morgan fingerprint density at radius 1 is 1.19 bits per heavy atom. The van der Waals surface area contributed by atoms with Gasteiger partial charge in [-0.05, 0) is 34.2 Å². The number of carbonyl (C=O) groups is 2. The zero-order chi connectivity index (χ0) is 22.2. The van der Waals surface area contributed by atoms with Gasteiger partial charge in [0.1, 0.15) is 11.6 Å². The number of rotatable bonds is 4. The van der Waals surface area contributed by atoms with Crippen LogP contribution in [0.15, 0.2) is 54.7 Å². The highest BCUT2D eigenvalue weighted by Gasteiger charge is 2.31. The first-order chi connectivity index (χ1) is 14.7. The first kappa shape index (κ1) is 20.8. The minimum Gasteiger partial charge on any atom is -0.326 e. The number of nitrogens with one attached hydrogen (secondary N) is 2. The average Bonchev–Trinajstić information content (AvgIpc) is 3.13. The van der Waals surface area contributed by atoms with Gasteiger partial charge in [0.25, 0.3) is 0 Å². The van der Waals surface area contributed by atoms with E-state index in [9.17, 15) is 14.0 Å². The maximum Gasteiger partial charge on any atom is 0.233 e. The average molecular weight is 420 g/mol. The number of fused-ring (bicyclic) bond motifs is 1. The van der Waals surface area contributed by atoms with Gasteiger partial charge in [0.15, 0.2) is 0 Å². The number of nitrogens with zero attached hydrogens (tertiary/aromatic N) is 2. The number of aromatic nitrogens is 2. The van der Waals surface area contributed by atoms with Crippen molar-refractivity contribution in [3.63, 3.8) is 0 Å². The van der Waals surface area contributed by atoms with Crippen LogP contribution < -0.4 is 10.6 Å². The van der Waals surface area contributed by atoms with E-state index in [1.807, 2.05) is 0 Å². The van der Waals surface area contributed by atoms with Crippen molar-refractivity contribution >= 4 is 23.3 Å². The number of amides is 2. The highest BCUT2D eigenvalue weighted by Crippen LogP contribution is 2.33. The van der Waals surface area contributed by atoms with Crippen LogP contribution in [0, 0.1) is 5.82 Å². The third-order valence-corrected chi connectivity index (χ3v) is 5.49. The van der Waals surface area contributed by atoms with E-state index in [4.69, 9.17) is 0 Å². The zero-order valence-corrected chi connectivity index (χ0v) is 17.8. The number of hydrogen-bond acceptors (Lipinski definition) is 3. The fourth-order valence-corrected chi connectivity index (χ4v) is 3.73. The van der Waals surface area contributed by atoms with Gasteiger partial charge in [-0.25, -0.2) is 9.07 Å². The van der Waals surface area contributed by atoms with Gasteiger partial charge in [0, 0.05) is 18.2 Å². The number of benzene rings is 2. The van der Waals surface area contributed by atoms with Gasteiger partial charge in [-0.15, -0.1) is 0 Å². The van der Waals surface area contributed by atoms with Crippen LogP contribution in [0.3, 0.4) is 0 Å². The molecule has 160 valence electrons. The van der Waals surface area contributed by atoms with E-state index in [0.29, 0.717) is 23.6 Å². The standard InChI is InChI=1S/C24H25FN4O2/c1-24(2,3)16-6-4-15(5-7-16)14-29-21(10-11-26-29)28-23(31)19-13-22(30)27-20-12-17(25)8-9-18(19)20/h4-12,19H,13-14H2,1-3H3,(H,27,30)(H,28,31). The summed E-state index contributed by atoms with van der Waals surface area (Å²) in [6, 6.07) is 14.1. The summed E-state index contributed by atoms with van der Waals surface area (Å²) in [5.41, 5.74) is 3.32. The summed E-state index contributed by atoms with van der Waals surface area (Å²) in [7, 11) is 0. The quantitative estimate of drug-likeness (QED) is 0.656. The van der Waals surface area contributed by atoms with Crippen LogP contribution in [0.2, 0.25) is 0 Å². The van der Waals surface area contributed by atoms with Crippen molar-refractivity contribution in [2.24, 2.45) is 0 Å². The number of carbonyl (C=O) groups excluding carboxylic acids is 2. The molecule has 2 N–H and O–H groups in total. The molecule has 0 radical (unpaired) electrons. The van der Waals surface area contributed by atoms with Gasteiger partial charge in [-0.1, -0.05) is 51.1 Å². The van der Waals surface area contributed by atoms with Gasteiger partial charge < -0.3 is 10.6 Å². The van der Waals surface area contributed by atoms with Crippen molar-refractivity contribution in [2.75, 3.05) is 10.6 Å². The smallest absolute Gasteiger partial charge is 0.233 e. The first-order valence-corrected chi connectivity index (χ1v) is 10.2.